The van der Waals surface area contributed by atoms with Crippen LogP contribution in [0.5, 0.6) is 5.75 Å². The summed E-state index contributed by atoms with van der Waals surface area (Å²) < 4.78 is 7.66. The van der Waals surface area contributed by atoms with Crippen molar-refractivity contribution in [3.63, 3.8) is 0 Å². The van der Waals surface area contributed by atoms with Crippen LogP contribution >= 0.6 is 11.8 Å². The average molecular weight is 458 g/mol. The van der Waals surface area contributed by atoms with Crippen LogP contribution in [-0.4, -0.2) is 37.9 Å². The minimum atomic E-state index is -0.494. The molecule has 3 rings (SSSR count). The summed E-state index contributed by atoms with van der Waals surface area (Å²) in [4.78, 5) is 47.1. The first-order chi connectivity index (χ1) is 14.9. The summed E-state index contributed by atoms with van der Waals surface area (Å²) in [5.74, 6) is 0.778. The van der Waals surface area contributed by atoms with E-state index in [1.807, 2.05) is 39.8 Å². The third-order valence-corrected chi connectivity index (χ3v) is 5.88. The fourth-order valence-corrected chi connectivity index (χ4v) is 3.92. The van der Waals surface area contributed by atoms with Gasteiger partial charge in [0.2, 0.25) is 5.91 Å². The molecule has 1 amide bonds. The number of carbonyl (C=O) groups is 1. The number of carbonyl (C=O) groups excluding carboxylic acids is 1. The number of benzene rings is 1. The lowest BCUT2D eigenvalue weighted by molar-refractivity contribution is -0.113. The smallest absolute Gasteiger partial charge is 0.332 e. The fraction of sp³-hybridized carbons (Fsp3) is 0.409. The summed E-state index contributed by atoms with van der Waals surface area (Å²) in [7, 11) is 4.51. The van der Waals surface area contributed by atoms with Gasteiger partial charge in [-0.25, -0.2) is 14.8 Å². The van der Waals surface area contributed by atoms with Gasteiger partial charge < -0.3 is 10.1 Å². The normalized spacial score (nSPS) is 11.6. The largest absolute Gasteiger partial charge is 0.495 e. The van der Waals surface area contributed by atoms with Crippen molar-refractivity contribution >= 4 is 34.4 Å². The first-order valence-corrected chi connectivity index (χ1v) is 11.0. The number of amides is 1. The quantitative estimate of drug-likeness (QED) is 0.463. The van der Waals surface area contributed by atoms with Gasteiger partial charge in [-0.2, -0.15) is 0 Å². The average Bonchev–Trinajstić information content (AvgIpc) is 2.73. The molecule has 2 heterocycles. The molecular formula is C22H27N5O4S. The number of aryl methyl sites for hydroxylation is 2. The lowest BCUT2D eigenvalue weighted by Crippen LogP contribution is -2.38. The van der Waals surface area contributed by atoms with Crippen LogP contribution in [0, 0.1) is 6.92 Å². The molecule has 0 spiro atoms. The molecule has 0 bridgehead atoms. The molecule has 10 heteroatoms. The highest BCUT2D eigenvalue weighted by atomic mass is 32.2. The molecule has 0 atom stereocenters. The summed E-state index contributed by atoms with van der Waals surface area (Å²) in [6, 6.07) is 5.50. The predicted molar refractivity (Wildman–Crippen MR) is 126 cm³/mol. The lowest BCUT2D eigenvalue weighted by Gasteiger charge is -2.19. The number of nitrogens with zero attached hydrogens (tertiary/aromatic N) is 4. The van der Waals surface area contributed by atoms with Crippen LogP contribution in [0.25, 0.3) is 11.0 Å². The van der Waals surface area contributed by atoms with E-state index in [9.17, 15) is 14.4 Å². The Morgan fingerprint density at radius 3 is 2.47 bits per heavy atom. The molecule has 2 aromatic heterocycles. The molecule has 0 unspecified atom stereocenters. The van der Waals surface area contributed by atoms with Crippen molar-refractivity contribution in [1.82, 2.24) is 19.1 Å². The van der Waals surface area contributed by atoms with Crippen molar-refractivity contribution in [3.8, 4) is 5.75 Å². The standard InChI is InChI=1S/C22H27N5O4S/c1-12-8-9-14(31-7)13(10-12)23-15(28)11-32-18-16-17(24-20(25-18)22(2,3)4)26(5)21(30)27(6)19(16)29/h8-10H,11H2,1-7H3,(H,23,28). The van der Waals surface area contributed by atoms with E-state index in [1.165, 1.54) is 18.7 Å². The van der Waals surface area contributed by atoms with E-state index in [0.29, 0.717) is 22.3 Å². The molecule has 0 aliphatic rings. The molecule has 0 saturated carbocycles. The molecule has 3 aromatic rings. The molecular weight excluding hydrogens is 430 g/mol. The van der Waals surface area contributed by atoms with E-state index in [-0.39, 0.29) is 22.7 Å². The van der Waals surface area contributed by atoms with Gasteiger partial charge in [-0.3, -0.25) is 18.7 Å². The van der Waals surface area contributed by atoms with Crippen LogP contribution in [0.3, 0.4) is 0 Å². The summed E-state index contributed by atoms with van der Waals surface area (Å²) in [5, 5.41) is 3.42. The van der Waals surface area contributed by atoms with Crippen LogP contribution in [0.4, 0.5) is 5.69 Å². The molecule has 1 aromatic carbocycles. The number of aromatic nitrogens is 4. The maximum atomic E-state index is 12.9. The number of rotatable bonds is 5. The zero-order chi connectivity index (χ0) is 23.8. The van der Waals surface area contributed by atoms with Crippen molar-refractivity contribution in [2.75, 3.05) is 18.2 Å². The van der Waals surface area contributed by atoms with Gasteiger partial charge in [0.05, 0.1) is 18.6 Å². The Hall–Kier alpha value is -3.14. The Morgan fingerprint density at radius 2 is 1.84 bits per heavy atom. The van der Waals surface area contributed by atoms with Crippen LogP contribution < -0.4 is 21.3 Å². The highest BCUT2D eigenvalue weighted by Crippen LogP contribution is 2.28. The third-order valence-electron chi connectivity index (χ3n) is 4.91. The van der Waals surface area contributed by atoms with Gasteiger partial charge in [-0.15, -0.1) is 0 Å². The first-order valence-electron chi connectivity index (χ1n) is 9.99. The number of methoxy groups -OCH3 is 1. The Bertz CT molecular complexity index is 1320. The molecule has 0 aliphatic heterocycles. The molecule has 0 radical (unpaired) electrons. The van der Waals surface area contributed by atoms with Crippen molar-refractivity contribution in [2.24, 2.45) is 14.1 Å². The molecule has 0 fully saturated rings. The number of hydrogen-bond donors (Lipinski definition) is 1. The molecule has 1 N–H and O–H groups in total. The van der Waals surface area contributed by atoms with Crippen LogP contribution in [0.15, 0.2) is 32.8 Å². The van der Waals surface area contributed by atoms with Crippen LogP contribution in [-0.2, 0) is 24.3 Å². The summed E-state index contributed by atoms with van der Waals surface area (Å²) >= 11 is 1.13. The molecule has 32 heavy (non-hydrogen) atoms. The van der Waals surface area contributed by atoms with Gasteiger partial charge in [-0.05, 0) is 24.6 Å². The minimum Gasteiger partial charge on any atom is -0.495 e. The highest BCUT2D eigenvalue weighted by molar-refractivity contribution is 8.00. The van der Waals surface area contributed by atoms with E-state index in [2.05, 4.69) is 15.3 Å². The Balaban J connectivity index is 2.01. The minimum absolute atomic E-state index is 0.0127. The molecule has 170 valence electrons. The van der Waals surface area contributed by atoms with Gasteiger partial charge in [-0.1, -0.05) is 38.6 Å². The monoisotopic (exact) mass is 457 g/mol. The predicted octanol–water partition coefficient (Wildman–Crippen LogP) is 2.37. The number of anilines is 1. The fourth-order valence-electron chi connectivity index (χ4n) is 3.11. The SMILES string of the molecule is COc1ccc(C)cc1NC(=O)CSc1nc(C(C)(C)C)nc2c1c(=O)n(C)c(=O)n2C. The van der Waals surface area contributed by atoms with E-state index in [0.717, 1.165) is 21.9 Å². The molecule has 0 saturated heterocycles. The Morgan fingerprint density at radius 1 is 1.16 bits per heavy atom. The maximum Gasteiger partial charge on any atom is 0.332 e. The first kappa shape index (κ1) is 23.5. The Kier molecular flexibility index (Phi) is 6.45. The number of fused-ring (bicyclic) bond motifs is 1. The van der Waals surface area contributed by atoms with Gasteiger partial charge in [0.1, 0.15) is 22.0 Å². The summed E-state index contributed by atoms with van der Waals surface area (Å²) in [5.41, 5.74) is 0.418. The summed E-state index contributed by atoms with van der Waals surface area (Å²) in [6.07, 6.45) is 0. The number of hydrogen-bond acceptors (Lipinski definition) is 7. The van der Waals surface area contributed by atoms with Crippen molar-refractivity contribution in [3.05, 3.63) is 50.4 Å². The van der Waals surface area contributed by atoms with E-state index in [1.54, 1.807) is 13.1 Å². The topological polar surface area (TPSA) is 108 Å². The van der Waals surface area contributed by atoms with Crippen LogP contribution in [0.2, 0.25) is 0 Å². The van der Waals surface area contributed by atoms with Gasteiger partial charge >= 0.3 is 5.69 Å². The van der Waals surface area contributed by atoms with E-state index < -0.39 is 16.7 Å². The van der Waals surface area contributed by atoms with Crippen molar-refractivity contribution in [2.45, 2.75) is 38.1 Å². The maximum absolute atomic E-state index is 12.9. The zero-order valence-corrected chi connectivity index (χ0v) is 20.1. The number of thioether (sulfide) groups is 1. The second kappa shape index (κ2) is 8.78. The molecule has 0 aliphatic carbocycles. The zero-order valence-electron chi connectivity index (χ0n) is 19.3. The molecule has 9 nitrogen and oxygen atoms in total. The van der Waals surface area contributed by atoms with Crippen LogP contribution in [0.1, 0.15) is 32.2 Å². The lowest BCUT2D eigenvalue weighted by atomic mass is 9.96. The second-order valence-electron chi connectivity index (χ2n) is 8.55. The van der Waals surface area contributed by atoms with Gasteiger partial charge in [0.15, 0.2) is 5.65 Å². The summed E-state index contributed by atoms with van der Waals surface area (Å²) in [6.45, 7) is 7.75. The second-order valence-corrected chi connectivity index (χ2v) is 9.51. The van der Waals surface area contributed by atoms with Crippen molar-refractivity contribution in [1.29, 1.82) is 0 Å². The van der Waals surface area contributed by atoms with E-state index >= 15 is 0 Å². The van der Waals surface area contributed by atoms with Crippen molar-refractivity contribution < 1.29 is 9.53 Å². The van der Waals surface area contributed by atoms with E-state index in [4.69, 9.17) is 4.74 Å². The Labute approximate surface area is 189 Å². The van der Waals surface area contributed by atoms with Gasteiger partial charge in [0, 0.05) is 19.5 Å². The van der Waals surface area contributed by atoms with Gasteiger partial charge in [0.25, 0.3) is 5.56 Å². The number of nitrogens with one attached hydrogen (secondary N) is 1. The third kappa shape index (κ3) is 4.55. The number of ether oxygens (including phenoxy) is 1. The highest BCUT2D eigenvalue weighted by Gasteiger charge is 2.24.